The average molecular weight is 317 g/mol. The van der Waals surface area contributed by atoms with Crippen LogP contribution in [0.2, 0.25) is 0 Å². The molecule has 0 atom stereocenters. The van der Waals surface area contributed by atoms with E-state index in [1.165, 1.54) is 0 Å². The van der Waals surface area contributed by atoms with Crippen LogP contribution in [0.25, 0.3) is 33.2 Å². The normalized spacial score (nSPS) is 11.2. The number of anilines is 1. The molecule has 0 radical (unpaired) electrons. The Labute approximate surface area is 140 Å². The van der Waals surface area contributed by atoms with Crippen molar-refractivity contribution in [2.75, 3.05) is 18.5 Å². The first-order chi connectivity index (χ1) is 11.8. The van der Waals surface area contributed by atoms with Crippen molar-refractivity contribution < 1.29 is 0 Å². The van der Waals surface area contributed by atoms with Crippen LogP contribution in [-0.4, -0.2) is 33.5 Å². The minimum atomic E-state index is 0.892. The topological polar surface area (TPSA) is 57.7 Å². The monoisotopic (exact) mass is 317 g/mol. The number of nitrogens with zero attached hydrogens (tertiary/aromatic N) is 4. The molecule has 4 aromatic rings. The van der Waals surface area contributed by atoms with Gasteiger partial charge >= 0.3 is 0 Å². The van der Waals surface area contributed by atoms with Crippen LogP contribution in [-0.2, 0) is 0 Å². The van der Waals surface area contributed by atoms with Crippen molar-refractivity contribution in [2.45, 2.75) is 13.3 Å². The molecule has 0 aromatic carbocycles. The number of nitrogens with one attached hydrogen (secondary N) is 1. The zero-order valence-electron chi connectivity index (χ0n) is 13.8. The Hall–Kier alpha value is -2.95. The Bertz CT molecular complexity index is 991. The molecular formula is C19H19N5. The van der Waals surface area contributed by atoms with E-state index in [1.807, 2.05) is 30.7 Å². The summed E-state index contributed by atoms with van der Waals surface area (Å²) in [6, 6.07) is 8.25. The SMILES string of the molecule is CCCN(C)c1cnc2[nH]c3cnc(-c4cccnc4)cc3c2c1. The van der Waals surface area contributed by atoms with Gasteiger partial charge in [-0.3, -0.25) is 9.97 Å². The number of hydrogen-bond acceptors (Lipinski definition) is 4. The van der Waals surface area contributed by atoms with Gasteiger partial charge in [-0.2, -0.15) is 0 Å². The highest BCUT2D eigenvalue weighted by molar-refractivity contribution is 6.07. The van der Waals surface area contributed by atoms with Gasteiger partial charge < -0.3 is 9.88 Å². The lowest BCUT2D eigenvalue weighted by Gasteiger charge is -2.17. The van der Waals surface area contributed by atoms with Gasteiger partial charge in [-0.1, -0.05) is 6.92 Å². The van der Waals surface area contributed by atoms with E-state index in [1.54, 1.807) is 6.20 Å². The van der Waals surface area contributed by atoms with Gasteiger partial charge in [0.2, 0.25) is 0 Å². The van der Waals surface area contributed by atoms with Crippen LogP contribution in [0.3, 0.4) is 0 Å². The second-order valence-electron chi connectivity index (χ2n) is 5.99. The minimum Gasteiger partial charge on any atom is -0.373 e. The van der Waals surface area contributed by atoms with Crippen molar-refractivity contribution >= 4 is 27.6 Å². The predicted molar refractivity (Wildman–Crippen MR) is 98.2 cm³/mol. The first-order valence-electron chi connectivity index (χ1n) is 8.15. The Balaban J connectivity index is 1.88. The van der Waals surface area contributed by atoms with E-state index in [4.69, 9.17) is 0 Å². The lowest BCUT2D eigenvalue weighted by molar-refractivity contribution is 0.851. The van der Waals surface area contributed by atoms with Crippen LogP contribution in [0.15, 0.2) is 49.1 Å². The number of pyridine rings is 3. The zero-order chi connectivity index (χ0) is 16.5. The number of aromatic nitrogens is 4. The van der Waals surface area contributed by atoms with Crippen LogP contribution in [0, 0.1) is 0 Å². The number of H-pyrrole nitrogens is 1. The Morgan fingerprint density at radius 2 is 2.00 bits per heavy atom. The zero-order valence-corrected chi connectivity index (χ0v) is 13.8. The molecule has 4 rings (SSSR count). The summed E-state index contributed by atoms with van der Waals surface area (Å²) < 4.78 is 0. The third kappa shape index (κ3) is 2.48. The second kappa shape index (κ2) is 5.92. The standard InChI is InChI=1S/C19H19N5/c1-3-7-24(2)14-8-16-15-9-17(13-5-4-6-20-10-13)21-12-18(15)23-19(16)22-11-14/h4-6,8-12H,3,7H2,1-2H3,(H,22,23). The van der Waals surface area contributed by atoms with E-state index in [0.29, 0.717) is 0 Å². The summed E-state index contributed by atoms with van der Waals surface area (Å²) >= 11 is 0. The Morgan fingerprint density at radius 3 is 2.79 bits per heavy atom. The molecule has 0 saturated heterocycles. The highest BCUT2D eigenvalue weighted by Crippen LogP contribution is 2.29. The molecule has 0 aliphatic rings. The molecule has 0 bridgehead atoms. The van der Waals surface area contributed by atoms with Gasteiger partial charge in [0.15, 0.2) is 0 Å². The molecule has 4 aromatic heterocycles. The Kier molecular flexibility index (Phi) is 3.61. The van der Waals surface area contributed by atoms with Gasteiger partial charge in [-0.15, -0.1) is 0 Å². The van der Waals surface area contributed by atoms with Gasteiger partial charge in [0.25, 0.3) is 0 Å². The molecule has 0 unspecified atom stereocenters. The first-order valence-corrected chi connectivity index (χ1v) is 8.15. The maximum atomic E-state index is 4.59. The number of hydrogen-bond donors (Lipinski definition) is 1. The van der Waals surface area contributed by atoms with Crippen LogP contribution in [0.1, 0.15) is 13.3 Å². The molecule has 0 fully saturated rings. The fourth-order valence-electron chi connectivity index (χ4n) is 3.01. The van der Waals surface area contributed by atoms with Crippen LogP contribution in [0.5, 0.6) is 0 Å². The molecule has 0 saturated carbocycles. The highest BCUT2D eigenvalue weighted by Gasteiger charge is 2.10. The third-order valence-corrected chi connectivity index (χ3v) is 4.28. The smallest absolute Gasteiger partial charge is 0.138 e. The molecule has 0 amide bonds. The van der Waals surface area contributed by atoms with Crippen molar-refractivity contribution in [3.8, 4) is 11.3 Å². The molecular weight excluding hydrogens is 298 g/mol. The Morgan fingerprint density at radius 1 is 1.08 bits per heavy atom. The number of fused-ring (bicyclic) bond motifs is 3. The molecule has 5 nitrogen and oxygen atoms in total. The van der Waals surface area contributed by atoms with E-state index in [2.05, 4.69) is 50.9 Å². The average Bonchev–Trinajstić information content (AvgIpc) is 2.99. The molecule has 24 heavy (non-hydrogen) atoms. The van der Waals surface area contributed by atoms with Crippen molar-refractivity contribution in [3.63, 3.8) is 0 Å². The lowest BCUT2D eigenvalue weighted by Crippen LogP contribution is -2.17. The van der Waals surface area contributed by atoms with Gasteiger partial charge in [0.05, 0.1) is 29.3 Å². The van der Waals surface area contributed by atoms with Crippen LogP contribution < -0.4 is 4.90 Å². The van der Waals surface area contributed by atoms with Gasteiger partial charge in [-0.25, -0.2) is 4.98 Å². The van der Waals surface area contributed by atoms with Gasteiger partial charge in [-0.05, 0) is 30.7 Å². The molecule has 0 spiro atoms. The fraction of sp³-hybridized carbons (Fsp3) is 0.211. The number of aromatic amines is 1. The molecule has 0 aliphatic carbocycles. The van der Waals surface area contributed by atoms with Crippen molar-refractivity contribution in [1.82, 2.24) is 19.9 Å². The van der Waals surface area contributed by atoms with Crippen LogP contribution >= 0.6 is 0 Å². The van der Waals surface area contributed by atoms with Crippen LogP contribution in [0.4, 0.5) is 5.69 Å². The second-order valence-corrected chi connectivity index (χ2v) is 5.99. The molecule has 0 aliphatic heterocycles. The summed E-state index contributed by atoms with van der Waals surface area (Å²) in [7, 11) is 2.10. The van der Waals surface area contributed by atoms with Gasteiger partial charge in [0.1, 0.15) is 5.65 Å². The fourth-order valence-corrected chi connectivity index (χ4v) is 3.01. The maximum Gasteiger partial charge on any atom is 0.138 e. The van der Waals surface area contributed by atoms with E-state index in [9.17, 15) is 0 Å². The third-order valence-electron chi connectivity index (χ3n) is 4.28. The predicted octanol–water partition coefficient (Wildman–Crippen LogP) is 4.02. The quantitative estimate of drug-likeness (QED) is 0.617. The summed E-state index contributed by atoms with van der Waals surface area (Å²) in [5.41, 5.74) is 4.96. The summed E-state index contributed by atoms with van der Waals surface area (Å²) in [5.74, 6) is 0. The highest BCUT2D eigenvalue weighted by atomic mass is 15.1. The van der Waals surface area contributed by atoms with Crippen molar-refractivity contribution in [3.05, 3.63) is 49.1 Å². The van der Waals surface area contributed by atoms with E-state index >= 15 is 0 Å². The molecule has 120 valence electrons. The summed E-state index contributed by atoms with van der Waals surface area (Å²) in [6.45, 7) is 3.19. The maximum absolute atomic E-state index is 4.59. The molecule has 5 heteroatoms. The summed E-state index contributed by atoms with van der Waals surface area (Å²) in [5, 5.41) is 2.26. The summed E-state index contributed by atoms with van der Waals surface area (Å²) in [4.78, 5) is 18.9. The minimum absolute atomic E-state index is 0.892. The van der Waals surface area contributed by atoms with Gasteiger partial charge in [0, 0.05) is 42.3 Å². The number of rotatable bonds is 4. The molecule has 4 heterocycles. The van der Waals surface area contributed by atoms with Crippen molar-refractivity contribution in [2.24, 2.45) is 0 Å². The largest absolute Gasteiger partial charge is 0.373 e. The van der Waals surface area contributed by atoms with E-state index in [0.717, 1.165) is 51.8 Å². The lowest BCUT2D eigenvalue weighted by atomic mass is 10.1. The van der Waals surface area contributed by atoms with Crippen molar-refractivity contribution in [1.29, 1.82) is 0 Å². The van der Waals surface area contributed by atoms with E-state index in [-0.39, 0.29) is 0 Å². The first kappa shape index (κ1) is 14.6. The molecule has 1 N–H and O–H groups in total. The summed E-state index contributed by atoms with van der Waals surface area (Å²) in [6.07, 6.45) is 8.50. The van der Waals surface area contributed by atoms with E-state index < -0.39 is 0 Å².